The van der Waals surface area contributed by atoms with Crippen LogP contribution in [0.2, 0.25) is 0 Å². The van der Waals surface area contributed by atoms with E-state index in [-0.39, 0.29) is 18.4 Å². The molecule has 0 saturated carbocycles. The summed E-state index contributed by atoms with van der Waals surface area (Å²) in [7, 11) is 0. The van der Waals surface area contributed by atoms with Crippen LogP contribution in [0.15, 0.2) is 71.5 Å². The Morgan fingerprint density at radius 1 is 1.09 bits per heavy atom. The molecule has 4 rings (SSSR count). The van der Waals surface area contributed by atoms with Crippen molar-refractivity contribution in [2.75, 3.05) is 5.32 Å². The molecule has 0 aliphatic rings. The zero-order chi connectivity index (χ0) is 23.9. The summed E-state index contributed by atoms with van der Waals surface area (Å²) in [5.74, 6) is 0.997. The Kier molecular flexibility index (Phi) is 7.02. The predicted molar refractivity (Wildman–Crippen MR) is 125 cm³/mol. The molecule has 0 unspecified atom stereocenters. The molecule has 0 radical (unpaired) electrons. The van der Waals surface area contributed by atoms with Gasteiger partial charge in [-0.2, -0.15) is 5.10 Å². The van der Waals surface area contributed by atoms with Crippen molar-refractivity contribution in [2.45, 2.75) is 33.5 Å². The van der Waals surface area contributed by atoms with Gasteiger partial charge in [-0.3, -0.25) is 14.3 Å². The highest BCUT2D eigenvalue weighted by molar-refractivity contribution is 5.94. The van der Waals surface area contributed by atoms with Crippen molar-refractivity contribution < 1.29 is 18.8 Å². The maximum Gasteiger partial charge on any atom is 0.251 e. The molecule has 2 amide bonds. The first kappa shape index (κ1) is 22.8. The van der Waals surface area contributed by atoms with Crippen molar-refractivity contribution in [3.05, 3.63) is 95.1 Å². The van der Waals surface area contributed by atoms with E-state index in [4.69, 9.17) is 9.26 Å². The zero-order valence-corrected chi connectivity index (χ0v) is 18.9. The van der Waals surface area contributed by atoms with Gasteiger partial charge in [0, 0.05) is 30.2 Å². The van der Waals surface area contributed by atoms with Gasteiger partial charge in [0.1, 0.15) is 24.7 Å². The van der Waals surface area contributed by atoms with Gasteiger partial charge in [-0.25, -0.2) is 0 Å². The SMILES string of the molecule is Cc1noc(C)c1COc1ccc(C(=O)NCc2cccc(NC(=O)Cn3cccn3)c2)cc1. The van der Waals surface area contributed by atoms with E-state index in [1.165, 1.54) is 0 Å². The molecule has 0 aliphatic heterocycles. The van der Waals surface area contributed by atoms with Crippen molar-refractivity contribution in [3.8, 4) is 5.75 Å². The molecular weight excluding hydrogens is 434 g/mol. The summed E-state index contributed by atoms with van der Waals surface area (Å²) in [6.07, 6.45) is 3.35. The maximum atomic E-state index is 12.6. The summed E-state index contributed by atoms with van der Waals surface area (Å²) in [6, 6.07) is 16.0. The Morgan fingerprint density at radius 2 is 1.91 bits per heavy atom. The summed E-state index contributed by atoms with van der Waals surface area (Å²) in [5, 5.41) is 13.7. The van der Waals surface area contributed by atoms with Crippen molar-refractivity contribution >= 4 is 17.5 Å². The second-order valence-electron chi connectivity index (χ2n) is 7.75. The zero-order valence-electron chi connectivity index (χ0n) is 18.9. The first-order chi connectivity index (χ1) is 16.5. The quantitative estimate of drug-likeness (QED) is 0.395. The van der Waals surface area contributed by atoms with Crippen molar-refractivity contribution in [1.29, 1.82) is 0 Å². The monoisotopic (exact) mass is 459 g/mol. The van der Waals surface area contributed by atoms with Gasteiger partial charge in [0.05, 0.1) is 11.3 Å². The minimum absolute atomic E-state index is 0.131. The number of amides is 2. The molecule has 4 aromatic rings. The molecule has 0 saturated heterocycles. The van der Waals surface area contributed by atoms with Crippen molar-refractivity contribution in [1.82, 2.24) is 20.3 Å². The third kappa shape index (κ3) is 5.89. The normalized spacial score (nSPS) is 10.6. The topological polar surface area (TPSA) is 111 Å². The molecule has 0 aliphatic carbocycles. The third-order valence-electron chi connectivity index (χ3n) is 5.21. The van der Waals surface area contributed by atoms with E-state index in [1.807, 2.05) is 32.0 Å². The molecule has 2 heterocycles. The molecule has 9 nitrogen and oxygen atoms in total. The van der Waals surface area contributed by atoms with E-state index < -0.39 is 0 Å². The van der Waals surface area contributed by atoms with Gasteiger partial charge in [0.2, 0.25) is 5.91 Å². The average Bonchev–Trinajstić information content (AvgIpc) is 3.46. The van der Waals surface area contributed by atoms with Gasteiger partial charge >= 0.3 is 0 Å². The van der Waals surface area contributed by atoms with Crippen LogP contribution in [0.1, 0.15) is 32.9 Å². The van der Waals surface area contributed by atoms with E-state index in [0.29, 0.717) is 30.2 Å². The van der Waals surface area contributed by atoms with E-state index in [1.54, 1.807) is 53.5 Å². The lowest BCUT2D eigenvalue weighted by Gasteiger charge is -2.10. The first-order valence-electron chi connectivity index (χ1n) is 10.8. The molecule has 0 spiro atoms. The second kappa shape index (κ2) is 10.5. The van der Waals surface area contributed by atoms with Crippen LogP contribution in [0.4, 0.5) is 5.69 Å². The first-order valence-corrected chi connectivity index (χ1v) is 10.8. The lowest BCUT2D eigenvalue weighted by molar-refractivity contribution is -0.116. The van der Waals surface area contributed by atoms with E-state index in [9.17, 15) is 9.59 Å². The number of nitrogens with one attached hydrogen (secondary N) is 2. The molecule has 9 heteroatoms. The van der Waals surface area contributed by atoms with Crippen LogP contribution in [-0.4, -0.2) is 26.8 Å². The fraction of sp³-hybridized carbons (Fsp3) is 0.200. The molecule has 0 bridgehead atoms. The Bertz CT molecular complexity index is 1240. The van der Waals surface area contributed by atoms with Gasteiger partial charge in [-0.1, -0.05) is 17.3 Å². The highest BCUT2D eigenvalue weighted by Crippen LogP contribution is 2.18. The number of anilines is 1. The molecule has 0 fully saturated rings. The molecule has 0 atom stereocenters. The number of rotatable bonds is 9. The molecule has 2 aromatic carbocycles. The number of aromatic nitrogens is 3. The number of carbonyl (C=O) groups excluding carboxylic acids is 2. The summed E-state index contributed by atoms with van der Waals surface area (Å²) in [4.78, 5) is 24.7. The molecule has 34 heavy (non-hydrogen) atoms. The van der Waals surface area contributed by atoms with Crippen molar-refractivity contribution in [2.24, 2.45) is 0 Å². The number of benzene rings is 2. The van der Waals surface area contributed by atoms with Crippen LogP contribution < -0.4 is 15.4 Å². The number of nitrogens with zero attached hydrogens (tertiary/aromatic N) is 3. The number of aryl methyl sites for hydroxylation is 2. The second-order valence-corrected chi connectivity index (χ2v) is 7.75. The van der Waals surface area contributed by atoms with E-state index >= 15 is 0 Å². The van der Waals surface area contributed by atoms with E-state index in [2.05, 4.69) is 20.9 Å². The summed E-state index contributed by atoms with van der Waals surface area (Å²) in [6.45, 7) is 4.52. The van der Waals surface area contributed by atoms with Crippen LogP contribution in [0.3, 0.4) is 0 Å². The summed E-state index contributed by atoms with van der Waals surface area (Å²) < 4.78 is 12.5. The Balaban J connectivity index is 1.27. The van der Waals surface area contributed by atoms with Gasteiger partial charge in [0.15, 0.2) is 0 Å². The third-order valence-corrected chi connectivity index (χ3v) is 5.21. The van der Waals surface area contributed by atoms with Crippen LogP contribution in [0.25, 0.3) is 0 Å². The van der Waals surface area contributed by atoms with Crippen LogP contribution in [0.5, 0.6) is 5.75 Å². The van der Waals surface area contributed by atoms with Crippen LogP contribution >= 0.6 is 0 Å². The number of carbonyl (C=O) groups is 2. The lowest BCUT2D eigenvalue weighted by atomic mass is 10.1. The van der Waals surface area contributed by atoms with E-state index in [0.717, 1.165) is 22.6 Å². The Hall–Kier alpha value is -4.40. The Morgan fingerprint density at radius 3 is 2.62 bits per heavy atom. The fourth-order valence-corrected chi connectivity index (χ4v) is 3.35. The highest BCUT2D eigenvalue weighted by Gasteiger charge is 2.11. The molecule has 2 aromatic heterocycles. The fourth-order valence-electron chi connectivity index (χ4n) is 3.35. The van der Waals surface area contributed by atoms with Gasteiger partial charge < -0.3 is 19.9 Å². The smallest absolute Gasteiger partial charge is 0.251 e. The molecular formula is C25H25N5O4. The van der Waals surface area contributed by atoms with Crippen molar-refractivity contribution in [3.63, 3.8) is 0 Å². The number of ether oxygens (including phenoxy) is 1. The average molecular weight is 460 g/mol. The predicted octanol–water partition coefficient (Wildman–Crippen LogP) is 3.64. The van der Waals surface area contributed by atoms with Crippen LogP contribution in [0, 0.1) is 13.8 Å². The largest absolute Gasteiger partial charge is 0.489 e. The lowest BCUT2D eigenvalue weighted by Crippen LogP contribution is -2.23. The van der Waals surface area contributed by atoms with Gasteiger partial charge in [0.25, 0.3) is 5.91 Å². The van der Waals surface area contributed by atoms with Gasteiger partial charge in [-0.05, 0) is 61.9 Å². The minimum Gasteiger partial charge on any atom is -0.489 e. The molecule has 174 valence electrons. The van der Waals surface area contributed by atoms with Gasteiger partial charge in [-0.15, -0.1) is 0 Å². The number of hydrogen-bond donors (Lipinski definition) is 2. The Labute approximate surface area is 196 Å². The maximum absolute atomic E-state index is 12.6. The number of hydrogen-bond acceptors (Lipinski definition) is 6. The minimum atomic E-state index is -0.203. The standard InChI is InChI=1S/C25H25N5O4/c1-17-23(18(2)34-29-17)16-33-22-9-7-20(8-10-22)25(32)26-14-19-5-3-6-21(13-19)28-24(31)15-30-12-4-11-27-30/h3-13H,14-16H2,1-2H3,(H,26,32)(H,28,31). The summed E-state index contributed by atoms with van der Waals surface area (Å²) in [5.41, 5.74) is 3.76. The molecule has 2 N–H and O–H groups in total. The van der Waals surface area contributed by atoms with Crippen LogP contribution in [-0.2, 0) is 24.5 Å². The summed E-state index contributed by atoms with van der Waals surface area (Å²) >= 11 is 0. The highest BCUT2D eigenvalue weighted by atomic mass is 16.5.